The van der Waals surface area contributed by atoms with Gasteiger partial charge in [-0.05, 0) is 54.6 Å². The van der Waals surface area contributed by atoms with E-state index >= 15 is 0 Å². The highest BCUT2D eigenvalue weighted by molar-refractivity contribution is 5.31. The Bertz CT molecular complexity index is 484. The number of rotatable bonds is 3. The Labute approximate surface area is 121 Å². The summed E-state index contributed by atoms with van der Waals surface area (Å²) in [4.78, 5) is 0. The van der Waals surface area contributed by atoms with Crippen LogP contribution in [0.15, 0.2) is 24.3 Å². The summed E-state index contributed by atoms with van der Waals surface area (Å²) < 4.78 is 5.95. The lowest BCUT2D eigenvalue weighted by atomic mass is 9.81. The van der Waals surface area contributed by atoms with Crippen LogP contribution in [0.5, 0.6) is 0 Å². The number of ether oxygens (including phenoxy) is 1. The quantitative estimate of drug-likeness (QED) is 0.912. The van der Waals surface area contributed by atoms with E-state index < -0.39 is 0 Å². The van der Waals surface area contributed by atoms with E-state index in [1.54, 1.807) is 0 Å². The first-order valence-electron chi connectivity index (χ1n) is 8.18. The molecule has 108 valence electrons. The molecule has 2 fully saturated rings. The van der Waals surface area contributed by atoms with Crippen LogP contribution in [-0.2, 0) is 11.2 Å². The summed E-state index contributed by atoms with van der Waals surface area (Å²) in [6.45, 7) is 0.797. The van der Waals surface area contributed by atoms with Gasteiger partial charge in [-0.2, -0.15) is 0 Å². The van der Waals surface area contributed by atoms with Crippen LogP contribution in [-0.4, -0.2) is 17.8 Å². The summed E-state index contributed by atoms with van der Waals surface area (Å²) in [7, 11) is 0. The van der Waals surface area contributed by atoms with Crippen molar-refractivity contribution in [2.24, 2.45) is 17.8 Å². The summed E-state index contributed by atoms with van der Waals surface area (Å²) in [6.07, 6.45) is 7.08. The van der Waals surface area contributed by atoms with Crippen LogP contribution >= 0.6 is 0 Å². The first kappa shape index (κ1) is 12.8. The fourth-order valence-electron chi connectivity index (χ4n) is 4.83. The molecule has 1 N–H and O–H groups in total. The van der Waals surface area contributed by atoms with Gasteiger partial charge in [-0.25, -0.2) is 0 Å². The molecule has 2 heteroatoms. The fraction of sp³-hybridized carbons (Fsp3) is 0.667. The number of aliphatic hydroxyl groups excluding tert-OH is 1. The molecule has 2 nitrogen and oxygen atoms in total. The van der Waals surface area contributed by atoms with Crippen molar-refractivity contribution in [1.82, 2.24) is 0 Å². The average molecular weight is 272 g/mol. The lowest BCUT2D eigenvalue weighted by Crippen LogP contribution is -2.29. The van der Waals surface area contributed by atoms with Crippen LogP contribution in [0.2, 0.25) is 0 Å². The molecule has 4 rings (SSSR count). The highest BCUT2D eigenvalue weighted by Gasteiger charge is 2.43. The van der Waals surface area contributed by atoms with Gasteiger partial charge in [0.15, 0.2) is 0 Å². The molecule has 5 unspecified atom stereocenters. The topological polar surface area (TPSA) is 29.5 Å². The molecular formula is C18H24O2. The SMILES string of the molecule is OC(CC1OCCc2ccccc21)C1CC2CCC1C2. The minimum atomic E-state index is -0.179. The largest absolute Gasteiger partial charge is 0.393 e. The molecule has 0 amide bonds. The number of hydrogen-bond donors (Lipinski definition) is 1. The van der Waals surface area contributed by atoms with E-state index in [1.807, 2.05) is 0 Å². The minimum absolute atomic E-state index is 0.106. The lowest BCUT2D eigenvalue weighted by Gasteiger charge is -2.32. The predicted molar refractivity (Wildman–Crippen MR) is 78.4 cm³/mol. The van der Waals surface area contributed by atoms with Crippen LogP contribution in [0.1, 0.15) is 49.3 Å². The summed E-state index contributed by atoms with van der Waals surface area (Å²) in [6, 6.07) is 8.57. The smallest absolute Gasteiger partial charge is 0.0852 e. The number of hydrogen-bond acceptors (Lipinski definition) is 2. The predicted octanol–water partition coefficient (Wildman–Crippen LogP) is 3.49. The van der Waals surface area contributed by atoms with Gasteiger partial charge in [-0.3, -0.25) is 0 Å². The van der Waals surface area contributed by atoms with E-state index in [1.165, 1.54) is 36.8 Å². The van der Waals surface area contributed by atoms with Crippen molar-refractivity contribution in [3.63, 3.8) is 0 Å². The fourth-order valence-corrected chi connectivity index (χ4v) is 4.83. The van der Waals surface area contributed by atoms with Crippen molar-refractivity contribution in [2.75, 3.05) is 6.61 Å². The van der Waals surface area contributed by atoms with Crippen molar-refractivity contribution >= 4 is 0 Å². The van der Waals surface area contributed by atoms with Crippen molar-refractivity contribution in [3.8, 4) is 0 Å². The van der Waals surface area contributed by atoms with Gasteiger partial charge in [0.05, 0.1) is 18.8 Å². The van der Waals surface area contributed by atoms with Gasteiger partial charge in [0.25, 0.3) is 0 Å². The molecule has 20 heavy (non-hydrogen) atoms. The maximum Gasteiger partial charge on any atom is 0.0852 e. The molecule has 0 spiro atoms. The van der Waals surface area contributed by atoms with Gasteiger partial charge >= 0.3 is 0 Å². The van der Waals surface area contributed by atoms with Crippen LogP contribution in [0.25, 0.3) is 0 Å². The highest BCUT2D eigenvalue weighted by Crippen LogP contribution is 2.50. The van der Waals surface area contributed by atoms with Gasteiger partial charge in [0, 0.05) is 6.42 Å². The monoisotopic (exact) mass is 272 g/mol. The van der Waals surface area contributed by atoms with Crippen molar-refractivity contribution in [1.29, 1.82) is 0 Å². The van der Waals surface area contributed by atoms with E-state index in [9.17, 15) is 5.11 Å². The molecule has 0 saturated heterocycles. The molecule has 2 bridgehead atoms. The Morgan fingerprint density at radius 3 is 2.90 bits per heavy atom. The number of aliphatic hydroxyl groups is 1. The molecular weight excluding hydrogens is 248 g/mol. The van der Waals surface area contributed by atoms with E-state index in [0.29, 0.717) is 5.92 Å². The van der Waals surface area contributed by atoms with E-state index in [2.05, 4.69) is 24.3 Å². The second-order valence-corrected chi connectivity index (χ2v) is 6.95. The average Bonchev–Trinajstić information content (AvgIpc) is 3.10. The number of benzene rings is 1. The Hall–Kier alpha value is -0.860. The van der Waals surface area contributed by atoms with Crippen LogP contribution in [0, 0.1) is 17.8 Å². The third kappa shape index (κ3) is 2.19. The molecule has 3 aliphatic rings. The van der Waals surface area contributed by atoms with E-state index in [4.69, 9.17) is 4.74 Å². The van der Waals surface area contributed by atoms with Crippen LogP contribution < -0.4 is 0 Å². The van der Waals surface area contributed by atoms with Crippen LogP contribution in [0.3, 0.4) is 0 Å². The van der Waals surface area contributed by atoms with E-state index in [0.717, 1.165) is 31.3 Å². The molecule has 1 aliphatic heterocycles. The Kier molecular flexibility index (Phi) is 3.31. The maximum absolute atomic E-state index is 10.7. The number of fused-ring (bicyclic) bond motifs is 3. The summed E-state index contributed by atoms with van der Waals surface area (Å²) >= 11 is 0. The molecule has 0 radical (unpaired) electrons. The molecule has 1 heterocycles. The maximum atomic E-state index is 10.7. The van der Waals surface area contributed by atoms with Gasteiger partial charge in [0.1, 0.15) is 0 Å². The lowest BCUT2D eigenvalue weighted by molar-refractivity contribution is -0.0202. The molecule has 2 aliphatic carbocycles. The van der Waals surface area contributed by atoms with Gasteiger partial charge in [-0.1, -0.05) is 30.7 Å². The Morgan fingerprint density at radius 1 is 1.20 bits per heavy atom. The van der Waals surface area contributed by atoms with Gasteiger partial charge < -0.3 is 9.84 Å². The second-order valence-electron chi connectivity index (χ2n) is 6.95. The minimum Gasteiger partial charge on any atom is -0.393 e. The third-order valence-corrected chi connectivity index (χ3v) is 5.83. The molecule has 2 saturated carbocycles. The Balaban J connectivity index is 1.47. The first-order valence-corrected chi connectivity index (χ1v) is 8.18. The summed E-state index contributed by atoms with van der Waals surface area (Å²) in [5.41, 5.74) is 2.71. The molecule has 5 atom stereocenters. The van der Waals surface area contributed by atoms with E-state index in [-0.39, 0.29) is 12.2 Å². The molecule has 0 aromatic heterocycles. The zero-order chi connectivity index (χ0) is 13.5. The molecule has 1 aromatic carbocycles. The van der Waals surface area contributed by atoms with Crippen LogP contribution in [0.4, 0.5) is 0 Å². The Morgan fingerprint density at radius 2 is 2.10 bits per heavy atom. The third-order valence-electron chi connectivity index (χ3n) is 5.83. The standard InChI is InChI=1S/C18H24O2/c19-17(16-10-12-5-6-14(16)9-12)11-18-15-4-2-1-3-13(15)7-8-20-18/h1-4,12,14,16-19H,5-11H2. The van der Waals surface area contributed by atoms with Gasteiger partial charge in [-0.15, -0.1) is 0 Å². The zero-order valence-corrected chi connectivity index (χ0v) is 12.0. The van der Waals surface area contributed by atoms with Crippen molar-refractivity contribution < 1.29 is 9.84 Å². The summed E-state index contributed by atoms with van der Waals surface area (Å²) in [5, 5.41) is 10.7. The normalized spacial score (nSPS) is 36.9. The first-order chi connectivity index (χ1) is 9.81. The summed E-state index contributed by atoms with van der Waals surface area (Å²) in [5.74, 6) is 2.22. The zero-order valence-electron chi connectivity index (χ0n) is 12.0. The molecule has 1 aromatic rings. The van der Waals surface area contributed by atoms with Crippen molar-refractivity contribution in [3.05, 3.63) is 35.4 Å². The highest BCUT2D eigenvalue weighted by atomic mass is 16.5. The van der Waals surface area contributed by atoms with Crippen molar-refractivity contribution in [2.45, 2.75) is 50.7 Å². The van der Waals surface area contributed by atoms with Gasteiger partial charge in [0.2, 0.25) is 0 Å². The second kappa shape index (κ2) is 5.16.